The molecule has 1 saturated heterocycles. The number of benzene rings is 2. The number of imide groups is 1. The first kappa shape index (κ1) is 24.0. The van der Waals surface area contributed by atoms with Crippen LogP contribution in [-0.4, -0.2) is 60.3 Å². The van der Waals surface area contributed by atoms with Crippen LogP contribution in [0.4, 0.5) is 0 Å². The molecule has 0 aliphatic carbocycles. The van der Waals surface area contributed by atoms with Gasteiger partial charge in [0.2, 0.25) is 0 Å². The van der Waals surface area contributed by atoms with Gasteiger partial charge in [-0.1, -0.05) is 31.5 Å². The van der Waals surface area contributed by atoms with E-state index in [1.54, 1.807) is 42.5 Å². The van der Waals surface area contributed by atoms with Gasteiger partial charge in [0.25, 0.3) is 17.7 Å². The topological polar surface area (TPSA) is 78.9 Å². The van der Waals surface area contributed by atoms with E-state index in [9.17, 15) is 14.4 Å². The molecule has 7 nitrogen and oxygen atoms in total. The number of carbonyl (C=O) groups excluding carboxylic acids is 3. The lowest BCUT2D eigenvalue weighted by Crippen LogP contribution is -2.38. The summed E-state index contributed by atoms with van der Waals surface area (Å²) in [7, 11) is 0. The molecule has 1 N–H and O–H groups in total. The van der Waals surface area contributed by atoms with Gasteiger partial charge in [0.15, 0.2) is 0 Å². The molecule has 1 atom stereocenters. The molecule has 2 aromatic carbocycles. The van der Waals surface area contributed by atoms with Crippen molar-refractivity contribution in [3.8, 4) is 5.75 Å². The third-order valence-corrected chi connectivity index (χ3v) is 6.44. The molecule has 1 fully saturated rings. The molecule has 0 spiro atoms. The van der Waals surface area contributed by atoms with Crippen molar-refractivity contribution in [1.82, 2.24) is 15.1 Å². The summed E-state index contributed by atoms with van der Waals surface area (Å²) in [5.74, 6) is -0.00822. The summed E-state index contributed by atoms with van der Waals surface area (Å²) in [6.07, 6.45) is 3.80. The van der Waals surface area contributed by atoms with Crippen molar-refractivity contribution in [3.05, 3.63) is 64.7 Å². The Labute approximate surface area is 201 Å². The molecule has 34 heavy (non-hydrogen) atoms. The maximum absolute atomic E-state index is 13.1. The summed E-state index contributed by atoms with van der Waals surface area (Å²) in [6, 6.07) is 12.1. The molecule has 7 heteroatoms. The summed E-state index contributed by atoms with van der Waals surface area (Å²) in [5.41, 5.74) is 1.95. The normalized spacial score (nSPS) is 16.9. The molecule has 0 saturated carbocycles. The van der Waals surface area contributed by atoms with Gasteiger partial charge in [0, 0.05) is 13.1 Å². The Balaban J connectivity index is 1.44. The van der Waals surface area contributed by atoms with Crippen molar-refractivity contribution >= 4 is 17.7 Å². The van der Waals surface area contributed by atoms with Crippen LogP contribution in [0.15, 0.2) is 42.5 Å². The first-order chi connectivity index (χ1) is 16.5. The van der Waals surface area contributed by atoms with Gasteiger partial charge >= 0.3 is 0 Å². The van der Waals surface area contributed by atoms with Crippen LogP contribution in [0.5, 0.6) is 5.75 Å². The highest BCUT2D eigenvalue weighted by atomic mass is 16.5. The second kappa shape index (κ2) is 10.8. The second-order valence-electron chi connectivity index (χ2n) is 9.18. The van der Waals surface area contributed by atoms with Gasteiger partial charge < -0.3 is 15.0 Å². The van der Waals surface area contributed by atoms with Crippen LogP contribution < -0.4 is 10.1 Å². The number of likely N-dealkylation sites (tertiary alicyclic amines) is 1. The largest absolute Gasteiger partial charge is 0.493 e. The minimum absolute atomic E-state index is 0.102. The Morgan fingerprint density at radius 3 is 2.35 bits per heavy atom. The summed E-state index contributed by atoms with van der Waals surface area (Å²) >= 11 is 0. The zero-order valence-electron chi connectivity index (χ0n) is 20.0. The lowest BCUT2D eigenvalue weighted by molar-refractivity contribution is 0.0642. The van der Waals surface area contributed by atoms with Crippen molar-refractivity contribution in [1.29, 1.82) is 0 Å². The molecule has 0 bridgehead atoms. The Morgan fingerprint density at radius 2 is 1.71 bits per heavy atom. The van der Waals surface area contributed by atoms with Crippen molar-refractivity contribution < 1.29 is 19.1 Å². The number of fused-ring (bicyclic) bond motifs is 1. The smallest absolute Gasteiger partial charge is 0.261 e. The quantitative estimate of drug-likeness (QED) is 0.574. The van der Waals surface area contributed by atoms with Crippen LogP contribution in [0.25, 0.3) is 0 Å². The van der Waals surface area contributed by atoms with E-state index in [-0.39, 0.29) is 24.3 Å². The van der Waals surface area contributed by atoms with Crippen LogP contribution in [-0.2, 0) is 6.54 Å². The molecule has 0 radical (unpaired) electrons. The Hall–Kier alpha value is -3.19. The molecule has 4 rings (SSSR count). The number of hydrogen-bond donors (Lipinski definition) is 1. The molecule has 1 unspecified atom stereocenters. The van der Waals surface area contributed by atoms with Crippen molar-refractivity contribution in [2.24, 2.45) is 5.92 Å². The van der Waals surface area contributed by atoms with Gasteiger partial charge in [-0.05, 0) is 68.6 Å². The Bertz CT molecular complexity index is 1030. The minimum atomic E-state index is -0.313. The maximum Gasteiger partial charge on any atom is 0.261 e. The first-order valence-corrected chi connectivity index (χ1v) is 12.2. The van der Waals surface area contributed by atoms with E-state index in [2.05, 4.69) is 17.1 Å². The molecule has 2 aliphatic rings. The zero-order chi connectivity index (χ0) is 24.1. The predicted octanol–water partition coefficient (Wildman–Crippen LogP) is 3.73. The summed E-state index contributed by atoms with van der Waals surface area (Å²) < 4.78 is 5.69. The number of carbonyl (C=O) groups is 3. The lowest BCUT2D eigenvalue weighted by Gasteiger charge is -2.29. The molecule has 3 amide bonds. The average molecular weight is 464 g/mol. The maximum atomic E-state index is 13.1. The number of nitrogens with one attached hydrogen (secondary N) is 1. The van der Waals surface area contributed by atoms with Crippen LogP contribution in [0.2, 0.25) is 0 Å². The minimum Gasteiger partial charge on any atom is -0.493 e. The monoisotopic (exact) mass is 463 g/mol. The second-order valence-corrected chi connectivity index (χ2v) is 9.18. The summed E-state index contributed by atoms with van der Waals surface area (Å²) in [4.78, 5) is 42.2. The van der Waals surface area contributed by atoms with E-state index in [1.807, 2.05) is 6.92 Å². The lowest BCUT2D eigenvalue weighted by atomic mass is 10.1. The fourth-order valence-corrected chi connectivity index (χ4v) is 4.71. The van der Waals surface area contributed by atoms with E-state index in [1.165, 1.54) is 24.2 Å². The molecule has 2 aromatic rings. The number of nitrogens with zero attached hydrogens (tertiary/aromatic N) is 2. The number of rotatable bonds is 9. The standard InChI is InChI=1S/C27H33N3O4/c1-3-34-24-12-11-20(18-30-26(32)21-9-5-6-10-22(21)27(30)33)15-23(24)25(31)28-16-19(2)17-29-13-7-4-8-14-29/h5-6,9-12,15,19H,3-4,7-8,13-14,16-18H2,1-2H3,(H,28,31). The number of piperidine rings is 1. The SMILES string of the molecule is CCOc1ccc(CN2C(=O)c3ccccc3C2=O)cc1C(=O)NCC(C)CN1CCCCC1. The van der Waals surface area contributed by atoms with E-state index in [0.29, 0.717) is 47.1 Å². The highest BCUT2D eigenvalue weighted by Crippen LogP contribution is 2.26. The van der Waals surface area contributed by atoms with Crippen LogP contribution in [0.1, 0.15) is 69.7 Å². The fraction of sp³-hybridized carbons (Fsp3) is 0.444. The van der Waals surface area contributed by atoms with Gasteiger partial charge in [0.1, 0.15) is 5.75 Å². The van der Waals surface area contributed by atoms with E-state index < -0.39 is 0 Å². The number of amides is 3. The molecule has 2 aliphatic heterocycles. The van der Waals surface area contributed by atoms with Gasteiger partial charge in [-0.15, -0.1) is 0 Å². The third-order valence-electron chi connectivity index (χ3n) is 6.44. The van der Waals surface area contributed by atoms with Gasteiger partial charge in [-0.3, -0.25) is 19.3 Å². The molecule has 180 valence electrons. The number of hydrogen-bond acceptors (Lipinski definition) is 5. The van der Waals surface area contributed by atoms with Gasteiger partial charge in [-0.25, -0.2) is 0 Å². The van der Waals surface area contributed by atoms with E-state index in [4.69, 9.17) is 4.74 Å². The molecule has 2 heterocycles. The van der Waals surface area contributed by atoms with Crippen LogP contribution in [0, 0.1) is 5.92 Å². The van der Waals surface area contributed by atoms with Crippen molar-refractivity contribution in [2.45, 2.75) is 39.7 Å². The van der Waals surface area contributed by atoms with Crippen LogP contribution in [0.3, 0.4) is 0 Å². The molecule has 0 aromatic heterocycles. The van der Waals surface area contributed by atoms with Crippen LogP contribution >= 0.6 is 0 Å². The molecular formula is C27H33N3O4. The van der Waals surface area contributed by atoms with Crippen molar-refractivity contribution in [2.75, 3.05) is 32.8 Å². The Kier molecular flexibility index (Phi) is 7.63. The third kappa shape index (κ3) is 5.30. The highest BCUT2D eigenvalue weighted by molar-refractivity contribution is 6.21. The van der Waals surface area contributed by atoms with Gasteiger partial charge in [-0.2, -0.15) is 0 Å². The zero-order valence-corrected chi connectivity index (χ0v) is 20.0. The highest BCUT2D eigenvalue weighted by Gasteiger charge is 2.35. The molecular weight excluding hydrogens is 430 g/mol. The first-order valence-electron chi connectivity index (χ1n) is 12.2. The Morgan fingerprint density at radius 1 is 1.03 bits per heavy atom. The van der Waals surface area contributed by atoms with Gasteiger partial charge in [0.05, 0.1) is 29.8 Å². The fourth-order valence-electron chi connectivity index (χ4n) is 4.71. The van der Waals surface area contributed by atoms with E-state index in [0.717, 1.165) is 19.6 Å². The van der Waals surface area contributed by atoms with Crippen molar-refractivity contribution in [3.63, 3.8) is 0 Å². The average Bonchev–Trinajstić information content (AvgIpc) is 3.09. The van der Waals surface area contributed by atoms with E-state index >= 15 is 0 Å². The summed E-state index contributed by atoms with van der Waals surface area (Å²) in [5, 5.41) is 3.05. The predicted molar refractivity (Wildman–Crippen MR) is 130 cm³/mol. The summed E-state index contributed by atoms with van der Waals surface area (Å²) in [6.45, 7) is 8.36. The number of ether oxygens (including phenoxy) is 1.